The molecule has 0 aliphatic carbocycles. The first-order valence-electron chi connectivity index (χ1n) is 8.22. The summed E-state index contributed by atoms with van der Waals surface area (Å²) >= 11 is 6.04. The van der Waals surface area contributed by atoms with Crippen molar-refractivity contribution in [1.29, 1.82) is 0 Å². The maximum Gasteiger partial charge on any atom is 0.233 e. The molecule has 0 unspecified atom stereocenters. The molecular weight excluding hydrogens is 378 g/mol. The quantitative estimate of drug-likeness (QED) is 0.820. The number of sulfone groups is 1. The fourth-order valence-corrected chi connectivity index (χ4v) is 3.85. The minimum atomic E-state index is -3.46. The summed E-state index contributed by atoms with van der Waals surface area (Å²) in [6.07, 6.45) is 0. The first kappa shape index (κ1) is 18.8. The molecule has 3 rings (SSSR count). The van der Waals surface area contributed by atoms with Gasteiger partial charge in [-0.25, -0.2) is 8.42 Å². The van der Waals surface area contributed by atoms with Crippen LogP contribution in [0.4, 0.5) is 17.6 Å². The van der Waals surface area contributed by atoms with E-state index in [1.54, 1.807) is 38.1 Å². The van der Waals surface area contributed by atoms with Gasteiger partial charge in [-0.2, -0.15) is 15.0 Å². The van der Waals surface area contributed by atoms with Gasteiger partial charge >= 0.3 is 0 Å². The van der Waals surface area contributed by atoms with Gasteiger partial charge in [0, 0.05) is 13.1 Å². The lowest BCUT2D eigenvalue weighted by molar-refractivity contribution is 0.122. The first-order valence-corrected chi connectivity index (χ1v) is 10.1. The van der Waals surface area contributed by atoms with Crippen molar-refractivity contribution in [2.24, 2.45) is 0 Å². The van der Waals surface area contributed by atoms with Gasteiger partial charge in [-0.1, -0.05) is 12.1 Å². The molecule has 1 aliphatic heterocycles. The van der Waals surface area contributed by atoms with Crippen LogP contribution in [0.15, 0.2) is 29.2 Å². The number of nitrogens with zero attached hydrogens (tertiary/aromatic N) is 4. The molecule has 1 aliphatic rings. The van der Waals surface area contributed by atoms with Crippen LogP contribution < -0.4 is 10.2 Å². The standard InChI is InChI=1S/C16H20ClN5O3S/c1-11(2)26(23,24)13-6-4-3-5-12(13)18-15-19-14(17)20-16(21-15)22-7-9-25-10-8-22/h3-6,11H,7-10H2,1-2H3,(H,18,19,20,21). The minimum Gasteiger partial charge on any atom is -0.378 e. The number of ether oxygens (including phenoxy) is 1. The number of anilines is 3. The summed E-state index contributed by atoms with van der Waals surface area (Å²) in [5.41, 5.74) is 0.399. The van der Waals surface area contributed by atoms with Gasteiger partial charge in [0.15, 0.2) is 9.84 Å². The Morgan fingerprint density at radius 3 is 2.54 bits per heavy atom. The Morgan fingerprint density at radius 1 is 1.15 bits per heavy atom. The van der Waals surface area contributed by atoms with E-state index in [1.807, 2.05) is 4.90 Å². The Morgan fingerprint density at radius 2 is 1.85 bits per heavy atom. The number of hydrogen-bond acceptors (Lipinski definition) is 8. The Bertz CT molecular complexity index is 885. The molecule has 10 heteroatoms. The lowest BCUT2D eigenvalue weighted by atomic mass is 10.3. The zero-order valence-electron chi connectivity index (χ0n) is 14.5. The summed E-state index contributed by atoms with van der Waals surface area (Å²) in [5.74, 6) is 0.623. The van der Waals surface area contributed by atoms with Crippen molar-refractivity contribution in [3.8, 4) is 0 Å². The number of rotatable bonds is 5. The third kappa shape index (κ3) is 4.05. The van der Waals surface area contributed by atoms with Gasteiger partial charge in [-0.05, 0) is 37.6 Å². The highest BCUT2D eigenvalue weighted by Crippen LogP contribution is 2.27. The second-order valence-electron chi connectivity index (χ2n) is 6.04. The van der Waals surface area contributed by atoms with Crippen molar-refractivity contribution < 1.29 is 13.2 Å². The van der Waals surface area contributed by atoms with Crippen molar-refractivity contribution >= 4 is 39.0 Å². The van der Waals surface area contributed by atoms with Crippen LogP contribution in [0.25, 0.3) is 0 Å². The van der Waals surface area contributed by atoms with Gasteiger partial charge in [-0.15, -0.1) is 0 Å². The molecule has 0 radical (unpaired) electrons. The van der Waals surface area contributed by atoms with Crippen LogP contribution in [0.5, 0.6) is 0 Å². The van der Waals surface area contributed by atoms with E-state index in [9.17, 15) is 8.42 Å². The zero-order valence-corrected chi connectivity index (χ0v) is 16.1. The number of para-hydroxylation sites is 1. The molecule has 2 aromatic rings. The Labute approximate surface area is 157 Å². The van der Waals surface area contributed by atoms with Gasteiger partial charge < -0.3 is 15.0 Å². The average molecular weight is 398 g/mol. The number of nitrogens with one attached hydrogen (secondary N) is 1. The van der Waals surface area contributed by atoms with Crippen molar-refractivity contribution in [3.05, 3.63) is 29.5 Å². The van der Waals surface area contributed by atoms with E-state index < -0.39 is 15.1 Å². The van der Waals surface area contributed by atoms with Gasteiger partial charge in [0.25, 0.3) is 0 Å². The van der Waals surface area contributed by atoms with E-state index >= 15 is 0 Å². The molecule has 0 saturated carbocycles. The van der Waals surface area contributed by atoms with E-state index in [2.05, 4.69) is 20.3 Å². The zero-order chi connectivity index (χ0) is 18.7. The summed E-state index contributed by atoms with van der Waals surface area (Å²) in [5, 5.41) is 2.46. The van der Waals surface area contributed by atoms with Crippen LogP contribution in [0.1, 0.15) is 13.8 Å². The lowest BCUT2D eigenvalue weighted by Crippen LogP contribution is -2.37. The van der Waals surface area contributed by atoms with Crippen molar-refractivity contribution in [3.63, 3.8) is 0 Å². The van der Waals surface area contributed by atoms with Crippen molar-refractivity contribution in [2.45, 2.75) is 24.0 Å². The molecule has 0 amide bonds. The fraction of sp³-hybridized carbons (Fsp3) is 0.438. The summed E-state index contributed by atoms with van der Waals surface area (Å²) in [4.78, 5) is 14.7. The summed E-state index contributed by atoms with van der Waals surface area (Å²) in [7, 11) is -3.46. The van der Waals surface area contributed by atoms with E-state index in [0.717, 1.165) is 0 Å². The number of morpholine rings is 1. The molecule has 1 aromatic heterocycles. The largest absolute Gasteiger partial charge is 0.378 e. The van der Waals surface area contributed by atoms with Gasteiger partial charge in [0.2, 0.25) is 17.2 Å². The highest BCUT2D eigenvalue weighted by atomic mass is 35.5. The summed E-state index contributed by atoms with van der Waals surface area (Å²) in [6, 6.07) is 6.65. The highest BCUT2D eigenvalue weighted by molar-refractivity contribution is 7.92. The monoisotopic (exact) mass is 397 g/mol. The van der Waals surface area contributed by atoms with Crippen LogP contribution in [0.3, 0.4) is 0 Å². The minimum absolute atomic E-state index is 0.0354. The first-order chi connectivity index (χ1) is 12.4. The van der Waals surface area contributed by atoms with Crippen molar-refractivity contribution in [2.75, 3.05) is 36.5 Å². The second-order valence-corrected chi connectivity index (χ2v) is 8.85. The Hall–Kier alpha value is -1.97. The van der Waals surface area contributed by atoms with E-state index in [1.165, 1.54) is 0 Å². The molecule has 1 N–H and O–H groups in total. The molecule has 140 valence electrons. The number of benzene rings is 1. The van der Waals surface area contributed by atoms with Gasteiger partial charge in [0.1, 0.15) is 0 Å². The normalized spacial score (nSPS) is 15.3. The van der Waals surface area contributed by atoms with Crippen LogP contribution in [-0.2, 0) is 14.6 Å². The number of aromatic nitrogens is 3. The van der Waals surface area contributed by atoms with Gasteiger partial charge in [-0.3, -0.25) is 0 Å². The Kier molecular flexibility index (Phi) is 5.59. The van der Waals surface area contributed by atoms with E-state index in [-0.39, 0.29) is 16.1 Å². The molecular formula is C16H20ClN5O3S. The van der Waals surface area contributed by atoms with Gasteiger partial charge in [0.05, 0.1) is 29.0 Å². The molecule has 1 aromatic carbocycles. The summed E-state index contributed by atoms with van der Waals surface area (Å²) in [6.45, 7) is 5.75. The SMILES string of the molecule is CC(C)S(=O)(=O)c1ccccc1Nc1nc(Cl)nc(N2CCOCC2)n1. The average Bonchev–Trinajstić information content (AvgIpc) is 2.62. The van der Waals surface area contributed by atoms with Crippen LogP contribution in [-0.4, -0.2) is 54.9 Å². The third-order valence-electron chi connectivity index (χ3n) is 3.95. The predicted octanol–water partition coefficient (Wildman–Crippen LogP) is 2.29. The molecule has 8 nitrogen and oxygen atoms in total. The van der Waals surface area contributed by atoms with Crippen molar-refractivity contribution in [1.82, 2.24) is 15.0 Å². The molecule has 1 fully saturated rings. The number of halogens is 1. The molecule has 2 heterocycles. The lowest BCUT2D eigenvalue weighted by Gasteiger charge is -2.26. The third-order valence-corrected chi connectivity index (χ3v) is 6.33. The molecule has 0 spiro atoms. The van der Waals surface area contributed by atoms with E-state index in [4.69, 9.17) is 16.3 Å². The fourth-order valence-electron chi connectivity index (χ4n) is 2.49. The molecule has 0 bridgehead atoms. The summed E-state index contributed by atoms with van der Waals surface area (Å²) < 4.78 is 30.5. The van der Waals surface area contributed by atoms with E-state index in [0.29, 0.717) is 37.9 Å². The number of hydrogen-bond donors (Lipinski definition) is 1. The van der Waals surface area contributed by atoms with Crippen LogP contribution >= 0.6 is 11.6 Å². The second kappa shape index (κ2) is 7.73. The smallest absolute Gasteiger partial charge is 0.233 e. The predicted molar refractivity (Wildman–Crippen MR) is 99.9 cm³/mol. The van der Waals surface area contributed by atoms with Crippen LogP contribution in [0.2, 0.25) is 5.28 Å². The molecule has 1 saturated heterocycles. The Balaban J connectivity index is 1.94. The topological polar surface area (TPSA) is 97.3 Å². The molecule has 0 atom stereocenters. The maximum absolute atomic E-state index is 12.6. The van der Waals surface area contributed by atoms with Crippen LogP contribution in [0, 0.1) is 0 Å². The molecule has 26 heavy (non-hydrogen) atoms. The maximum atomic E-state index is 12.6. The highest BCUT2D eigenvalue weighted by Gasteiger charge is 2.23.